The third-order valence-electron chi connectivity index (χ3n) is 6.77. The van der Waals surface area contributed by atoms with Crippen LogP contribution in [0.3, 0.4) is 0 Å². The van der Waals surface area contributed by atoms with Crippen LogP contribution in [0.2, 0.25) is 0 Å². The number of nitrogens with one attached hydrogen (secondary N) is 1. The molecule has 4 aromatic heterocycles. The summed E-state index contributed by atoms with van der Waals surface area (Å²) >= 11 is 0. The van der Waals surface area contributed by atoms with Crippen LogP contribution >= 0.6 is 0 Å². The zero-order valence-electron chi connectivity index (χ0n) is 17.8. The van der Waals surface area contributed by atoms with Gasteiger partial charge >= 0.3 is 0 Å². The maximum Gasteiger partial charge on any atom is 0.166 e. The number of aromatic nitrogens is 6. The van der Waals surface area contributed by atoms with E-state index in [2.05, 4.69) is 52.3 Å². The molecule has 1 aliphatic carbocycles. The number of hydrogen-bond donors (Lipinski definition) is 1. The third kappa shape index (κ3) is 2.33. The van der Waals surface area contributed by atoms with Crippen molar-refractivity contribution < 1.29 is 4.74 Å². The molecule has 0 bridgehead atoms. The number of pyridine rings is 1. The fraction of sp³-hybridized carbons (Fsp3) is 0.391. The van der Waals surface area contributed by atoms with Crippen molar-refractivity contribution >= 4 is 28.0 Å². The van der Waals surface area contributed by atoms with E-state index in [4.69, 9.17) is 19.7 Å². The molecule has 0 spiro atoms. The molecular weight excluding hydrogens is 390 g/mol. The minimum absolute atomic E-state index is 0.451. The summed E-state index contributed by atoms with van der Waals surface area (Å²) in [6, 6.07) is 2.59. The SMILES string of the molecule is Cc1c[nH]c2ncc(-c3nc(N4C5=CCCC54)c4nc5n(c4n3)CCOC5(C)C)cc12. The summed E-state index contributed by atoms with van der Waals surface area (Å²) in [5, 5.41) is 1.10. The van der Waals surface area contributed by atoms with Gasteiger partial charge in [-0.05, 0) is 45.2 Å². The number of aromatic amines is 1. The van der Waals surface area contributed by atoms with Crippen LogP contribution in [0.15, 0.2) is 30.2 Å². The van der Waals surface area contributed by atoms with E-state index in [0.29, 0.717) is 18.5 Å². The minimum atomic E-state index is -0.451. The predicted octanol–water partition coefficient (Wildman–Crippen LogP) is 3.81. The fourth-order valence-electron chi connectivity index (χ4n) is 5.09. The molecule has 1 N–H and O–H groups in total. The smallest absolute Gasteiger partial charge is 0.166 e. The van der Waals surface area contributed by atoms with Crippen LogP contribution in [0.4, 0.5) is 5.82 Å². The van der Waals surface area contributed by atoms with Gasteiger partial charge in [0.15, 0.2) is 22.8 Å². The first-order chi connectivity index (χ1) is 15.0. The predicted molar refractivity (Wildman–Crippen MR) is 118 cm³/mol. The fourth-order valence-corrected chi connectivity index (χ4v) is 5.09. The molecule has 0 amide bonds. The molecule has 2 aliphatic heterocycles. The Morgan fingerprint density at radius 2 is 2.13 bits per heavy atom. The number of anilines is 1. The molecule has 1 atom stereocenters. The molecule has 4 aromatic rings. The second-order valence-electron chi connectivity index (χ2n) is 9.17. The lowest BCUT2D eigenvalue weighted by Crippen LogP contribution is -2.33. The number of hydrogen-bond acceptors (Lipinski definition) is 6. The second-order valence-corrected chi connectivity index (χ2v) is 9.17. The minimum Gasteiger partial charge on any atom is -0.366 e. The van der Waals surface area contributed by atoms with Gasteiger partial charge in [-0.3, -0.25) is 0 Å². The Labute approximate surface area is 179 Å². The summed E-state index contributed by atoms with van der Waals surface area (Å²) in [7, 11) is 0. The van der Waals surface area contributed by atoms with E-state index in [1.165, 1.54) is 5.70 Å². The molecule has 0 saturated carbocycles. The van der Waals surface area contributed by atoms with E-state index in [0.717, 1.165) is 64.4 Å². The van der Waals surface area contributed by atoms with E-state index in [9.17, 15) is 0 Å². The van der Waals surface area contributed by atoms with Crippen LogP contribution in [0, 0.1) is 6.92 Å². The summed E-state index contributed by atoms with van der Waals surface area (Å²) in [4.78, 5) is 25.2. The molecule has 1 fully saturated rings. The zero-order chi connectivity index (χ0) is 20.9. The molecular formula is C23H23N7O. The summed E-state index contributed by atoms with van der Waals surface area (Å²) in [6.07, 6.45) is 8.44. The van der Waals surface area contributed by atoms with Crippen molar-refractivity contribution in [3.05, 3.63) is 41.6 Å². The van der Waals surface area contributed by atoms with Crippen LogP contribution < -0.4 is 4.90 Å². The first-order valence-electron chi connectivity index (χ1n) is 10.9. The van der Waals surface area contributed by atoms with Crippen molar-refractivity contribution in [3.63, 3.8) is 0 Å². The number of imidazole rings is 1. The van der Waals surface area contributed by atoms with Gasteiger partial charge in [0, 0.05) is 35.6 Å². The summed E-state index contributed by atoms with van der Waals surface area (Å²) in [5.41, 5.74) is 5.62. The zero-order valence-corrected chi connectivity index (χ0v) is 17.8. The summed E-state index contributed by atoms with van der Waals surface area (Å²) < 4.78 is 8.21. The van der Waals surface area contributed by atoms with Crippen molar-refractivity contribution in [2.24, 2.45) is 0 Å². The lowest BCUT2D eigenvalue weighted by atomic mass is 10.1. The monoisotopic (exact) mass is 413 g/mol. The van der Waals surface area contributed by atoms with Gasteiger partial charge in [-0.1, -0.05) is 6.08 Å². The van der Waals surface area contributed by atoms with E-state index in [1.807, 2.05) is 12.4 Å². The van der Waals surface area contributed by atoms with Gasteiger partial charge in [0.05, 0.1) is 12.6 Å². The Hall–Kier alpha value is -3.26. The first-order valence-corrected chi connectivity index (χ1v) is 10.9. The van der Waals surface area contributed by atoms with Gasteiger partial charge < -0.3 is 19.2 Å². The maximum atomic E-state index is 6.01. The highest BCUT2D eigenvalue weighted by Crippen LogP contribution is 2.48. The lowest BCUT2D eigenvalue weighted by Gasteiger charge is -2.30. The number of fused-ring (bicyclic) bond motifs is 5. The summed E-state index contributed by atoms with van der Waals surface area (Å²) in [6.45, 7) is 7.61. The van der Waals surface area contributed by atoms with E-state index >= 15 is 0 Å². The number of rotatable bonds is 2. The van der Waals surface area contributed by atoms with Gasteiger partial charge in [0.1, 0.15) is 17.1 Å². The summed E-state index contributed by atoms with van der Waals surface area (Å²) in [5.74, 6) is 2.51. The second kappa shape index (κ2) is 5.70. The quantitative estimate of drug-likeness (QED) is 0.503. The topological polar surface area (TPSA) is 84.5 Å². The number of H-pyrrole nitrogens is 1. The molecule has 8 heteroatoms. The van der Waals surface area contributed by atoms with Crippen LogP contribution in [0.5, 0.6) is 0 Å². The highest BCUT2D eigenvalue weighted by molar-refractivity contribution is 5.91. The average Bonchev–Trinajstić information content (AvgIpc) is 3.14. The first kappa shape index (κ1) is 17.4. The number of nitrogens with zero attached hydrogens (tertiary/aromatic N) is 6. The van der Waals surface area contributed by atoms with Crippen LogP contribution in [-0.2, 0) is 16.9 Å². The van der Waals surface area contributed by atoms with Crippen molar-refractivity contribution in [3.8, 4) is 11.4 Å². The molecule has 0 radical (unpaired) electrons. The molecule has 6 heterocycles. The van der Waals surface area contributed by atoms with Crippen molar-refractivity contribution in [2.75, 3.05) is 11.5 Å². The Kier molecular flexibility index (Phi) is 3.20. The van der Waals surface area contributed by atoms with Gasteiger partial charge in [-0.15, -0.1) is 0 Å². The van der Waals surface area contributed by atoms with E-state index < -0.39 is 5.60 Å². The molecule has 8 nitrogen and oxygen atoms in total. The largest absolute Gasteiger partial charge is 0.366 e. The molecule has 0 aromatic carbocycles. The average molecular weight is 413 g/mol. The third-order valence-corrected chi connectivity index (χ3v) is 6.77. The molecule has 1 saturated heterocycles. The Morgan fingerprint density at radius 1 is 1.23 bits per heavy atom. The molecule has 156 valence electrons. The maximum absolute atomic E-state index is 6.01. The van der Waals surface area contributed by atoms with Crippen molar-refractivity contribution in [1.29, 1.82) is 0 Å². The Morgan fingerprint density at radius 3 is 2.97 bits per heavy atom. The van der Waals surface area contributed by atoms with Crippen LogP contribution in [0.1, 0.15) is 38.1 Å². The van der Waals surface area contributed by atoms with Gasteiger partial charge in [0.2, 0.25) is 0 Å². The molecule has 7 rings (SSSR count). The molecule has 3 aliphatic rings. The van der Waals surface area contributed by atoms with E-state index in [-0.39, 0.29) is 0 Å². The standard InChI is InChI=1S/C23H23N7O/c1-12-10-24-19-14(12)9-13(11-25-19)18-27-20-17(21(28-18)30-15-5-4-6-16(15)30)26-22-23(2,3)31-8-7-29(20)22/h5,9-11,16H,4,6-8H2,1-3H3,(H,24,25). The van der Waals surface area contributed by atoms with Gasteiger partial charge in [-0.2, -0.15) is 0 Å². The number of allylic oxidation sites excluding steroid dienone is 1. The number of aryl methyl sites for hydroxylation is 1. The van der Waals surface area contributed by atoms with Crippen LogP contribution in [-0.4, -0.2) is 42.1 Å². The van der Waals surface area contributed by atoms with Gasteiger partial charge in [-0.25, -0.2) is 19.9 Å². The Bertz CT molecular complexity index is 1430. The van der Waals surface area contributed by atoms with Crippen molar-refractivity contribution in [1.82, 2.24) is 29.5 Å². The van der Waals surface area contributed by atoms with Gasteiger partial charge in [0.25, 0.3) is 0 Å². The molecule has 1 unspecified atom stereocenters. The highest BCUT2D eigenvalue weighted by Gasteiger charge is 2.47. The highest BCUT2D eigenvalue weighted by atomic mass is 16.5. The van der Waals surface area contributed by atoms with E-state index in [1.54, 1.807) is 0 Å². The van der Waals surface area contributed by atoms with Crippen molar-refractivity contribution in [2.45, 2.75) is 51.8 Å². The molecule has 31 heavy (non-hydrogen) atoms. The normalized spacial score (nSPS) is 21.5. The van der Waals surface area contributed by atoms with Crippen LogP contribution in [0.25, 0.3) is 33.6 Å². The lowest BCUT2D eigenvalue weighted by molar-refractivity contribution is -0.0530. The Balaban J connectivity index is 1.49. The number of ether oxygens (including phenoxy) is 1.